The molecular formula is C12H22ClNO2. The molecular weight excluding hydrogens is 226 g/mol. The average molecular weight is 248 g/mol. The summed E-state index contributed by atoms with van der Waals surface area (Å²) in [5.74, 6) is 0.940. The van der Waals surface area contributed by atoms with Gasteiger partial charge in [-0.15, -0.1) is 11.6 Å². The summed E-state index contributed by atoms with van der Waals surface area (Å²) in [6, 6.07) is 0.0623. The lowest BCUT2D eigenvalue weighted by Crippen LogP contribution is -2.44. The molecule has 94 valence electrons. The number of alkyl halides is 1. The molecule has 0 aliphatic carbocycles. The van der Waals surface area contributed by atoms with Gasteiger partial charge in [-0.2, -0.15) is 0 Å². The summed E-state index contributed by atoms with van der Waals surface area (Å²) in [5, 5.41) is 3.02. The van der Waals surface area contributed by atoms with Crippen LogP contribution in [-0.4, -0.2) is 30.5 Å². The van der Waals surface area contributed by atoms with Crippen molar-refractivity contribution in [2.24, 2.45) is 11.8 Å². The van der Waals surface area contributed by atoms with Crippen molar-refractivity contribution in [2.75, 3.05) is 12.5 Å². The Morgan fingerprint density at radius 1 is 1.56 bits per heavy atom. The van der Waals surface area contributed by atoms with Crippen LogP contribution in [0.1, 0.15) is 33.6 Å². The van der Waals surface area contributed by atoms with E-state index in [0.29, 0.717) is 18.4 Å². The molecule has 1 saturated heterocycles. The fraction of sp³-hybridized carbons (Fsp3) is 0.917. The topological polar surface area (TPSA) is 38.3 Å². The van der Waals surface area contributed by atoms with Gasteiger partial charge in [0.2, 0.25) is 5.91 Å². The van der Waals surface area contributed by atoms with Crippen molar-refractivity contribution in [3.8, 4) is 0 Å². The maximum absolute atomic E-state index is 12.0. The SMILES string of the molecule is CCC1OCCC1C(=O)NC(CCl)C(C)C. The molecule has 0 aromatic heterocycles. The van der Waals surface area contributed by atoms with Gasteiger partial charge in [-0.25, -0.2) is 0 Å². The Morgan fingerprint density at radius 2 is 2.25 bits per heavy atom. The Kier molecular flexibility index (Phi) is 5.56. The minimum Gasteiger partial charge on any atom is -0.377 e. The van der Waals surface area contributed by atoms with Gasteiger partial charge in [0.1, 0.15) is 0 Å². The number of hydrogen-bond acceptors (Lipinski definition) is 2. The first-order chi connectivity index (χ1) is 7.60. The molecule has 1 fully saturated rings. The number of carbonyl (C=O) groups excluding carboxylic acids is 1. The minimum absolute atomic E-state index is 0.00877. The fourth-order valence-corrected chi connectivity index (χ4v) is 2.46. The van der Waals surface area contributed by atoms with Gasteiger partial charge in [0.05, 0.1) is 12.0 Å². The van der Waals surface area contributed by atoms with E-state index in [1.165, 1.54) is 0 Å². The molecule has 0 radical (unpaired) electrons. The Bertz CT molecular complexity index is 233. The van der Waals surface area contributed by atoms with Crippen molar-refractivity contribution in [1.29, 1.82) is 0 Å². The number of amides is 1. The largest absolute Gasteiger partial charge is 0.377 e. The molecule has 16 heavy (non-hydrogen) atoms. The number of ether oxygens (including phenoxy) is 1. The van der Waals surface area contributed by atoms with E-state index < -0.39 is 0 Å². The van der Waals surface area contributed by atoms with Crippen molar-refractivity contribution in [3.63, 3.8) is 0 Å². The van der Waals surface area contributed by atoms with Gasteiger partial charge in [-0.1, -0.05) is 20.8 Å². The van der Waals surface area contributed by atoms with E-state index in [0.717, 1.165) is 12.8 Å². The predicted molar refractivity (Wildman–Crippen MR) is 65.6 cm³/mol. The second-order valence-corrected chi connectivity index (χ2v) is 5.03. The Morgan fingerprint density at radius 3 is 2.75 bits per heavy atom. The molecule has 1 heterocycles. The summed E-state index contributed by atoms with van der Waals surface area (Å²) in [4.78, 5) is 12.0. The Labute approximate surface area is 103 Å². The van der Waals surface area contributed by atoms with E-state index >= 15 is 0 Å². The number of rotatable bonds is 5. The van der Waals surface area contributed by atoms with Gasteiger partial charge >= 0.3 is 0 Å². The fourth-order valence-electron chi connectivity index (χ4n) is 2.02. The zero-order valence-corrected chi connectivity index (χ0v) is 11.1. The first kappa shape index (κ1) is 13.8. The minimum atomic E-state index is 0.00877. The van der Waals surface area contributed by atoms with Gasteiger partial charge in [0.15, 0.2) is 0 Å². The maximum atomic E-state index is 12.0. The molecule has 1 aliphatic rings. The molecule has 0 spiro atoms. The van der Waals surface area contributed by atoms with Crippen LogP contribution in [0.3, 0.4) is 0 Å². The van der Waals surface area contributed by atoms with Crippen LogP contribution in [0.5, 0.6) is 0 Å². The second-order valence-electron chi connectivity index (χ2n) is 4.73. The maximum Gasteiger partial charge on any atom is 0.226 e. The van der Waals surface area contributed by atoms with Crippen molar-refractivity contribution < 1.29 is 9.53 Å². The summed E-state index contributed by atoms with van der Waals surface area (Å²) in [6.45, 7) is 6.88. The van der Waals surface area contributed by atoms with Crippen LogP contribution in [0, 0.1) is 11.8 Å². The molecule has 4 heteroatoms. The number of carbonyl (C=O) groups is 1. The second kappa shape index (κ2) is 6.45. The number of nitrogens with one attached hydrogen (secondary N) is 1. The third-order valence-corrected chi connectivity index (χ3v) is 3.58. The molecule has 3 nitrogen and oxygen atoms in total. The summed E-state index contributed by atoms with van der Waals surface area (Å²) in [6.07, 6.45) is 1.81. The average Bonchev–Trinajstić information content (AvgIpc) is 2.72. The van der Waals surface area contributed by atoms with E-state index in [9.17, 15) is 4.79 Å². The quantitative estimate of drug-likeness (QED) is 0.757. The number of hydrogen-bond donors (Lipinski definition) is 1. The first-order valence-corrected chi connectivity index (χ1v) is 6.61. The van der Waals surface area contributed by atoms with Crippen LogP contribution in [0.2, 0.25) is 0 Å². The first-order valence-electron chi connectivity index (χ1n) is 6.08. The highest BCUT2D eigenvalue weighted by Crippen LogP contribution is 2.23. The van der Waals surface area contributed by atoms with Crippen LogP contribution in [0.25, 0.3) is 0 Å². The summed E-state index contributed by atoms with van der Waals surface area (Å²) < 4.78 is 5.52. The van der Waals surface area contributed by atoms with E-state index in [1.54, 1.807) is 0 Å². The molecule has 1 rings (SSSR count). The molecule has 0 bridgehead atoms. The highest BCUT2D eigenvalue weighted by atomic mass is 35.5. The summed E-state index contributed by atoms with van der Waals surface area (Å²) >= 11 is 5.84. The molecule has 3 unspecified atom stereocenters. The lowest BCUT2D eigenvalue weighted by Gasteiger charge is -2.23. The summed E-state index contributed by atoms with van der Waals surface area (Å²) in [7, 11) is 0. The predicted octanol–water partition coefficient (Wildman–Crippen LogP) is 2.18. The van der Waals surface area contributed by atoms with Crippen molar-refractivity contribution in [1.82, 2.24) is 5.32 Å². The number of halogens is 1. The van der Waals surface area contributed by atoms with Gasteiger partial charge in [-0.05, 0) is 18.8 Å². The Balaban J connectivity index is 2.50. The standard InChI is InChI=1S/C12H22ClNO2/c1-4-11-9(5-6-16-11)12(15)14-10(7-13)8(2)3/h8-11H,4-7H2,1-3H3,(H,14,15). The molecule has 0 saturated carbocycles. The van der Waals surface area contributed by atoms with Gasteiger partial charge in [0, 0.05) is 18.5 Å². The van der Waals surface area contributed by atoms with Crippen molar-refractivity contribution >= 4 is 17.5 Å². The molecule has 1 aliphatic heterocycles. The van der Waals surface area contributed by atoms with Crippen LogP contribution >= 0.6 is 11.6 Å². The van der Waals surface area contributed by atoms with Gasteiger partial charge < -0.3 is 10.1 Å². The summed E-state index contributed by atoms with van der Waals surface area (Å²) in [5.41, 5.74) is 0. The molecule has 1 N–H and O–H groups in total. The van der Waals surface area contributed by atoms with Gasteiger partial charge in [0.25, 0.3) is 0 Å². The van der Waals surface area contributed by atoms with Crippen LogP contribution in [-0.2, 0) is 9.53 Å². The molecule has 0 aromatic rings. The molecule has 0 aromatic carbocycles. The van der Waals surface area contributed by atoms with Gasteiger partial charge in [-0.3, -0.25) is 4.79 Å². The van der Waals surface area contributed by atoms with E-state index in [2.05, 4.69) is 26.1 Å². The smallest absolute Gasteiger partial charge is 0.226 e. The zero-order chi connectivity index (χ0) is 12.1. The van der Waals surface area contributed by atoms with E-state index in [1.807, 2.05) is 0 Å². The monoisotopic (exact) mass is 247 g/mol. The van der Waals surface area contributed by atoms with E-state index in [-0.39, 0.29) is 24.0 Å². The van der Waals surface area contributed by atoms with Crippen LogP contribution < -0.4 is 5.32 Å². The molecule has 3 atom stereocenters. The highest BCUT2D eigenvalue weighted by Gasteiger charge is 2.33. The normalized spacial score (nSPS) is 27.1. The van der Waals surface area contributed by atoms with Crippen LogP contribution in [0.15, 0.2) is 0 Å². The zero-order valence-electron chi connectivity index (χ0n) is 10.3. The molecule has 1 amide bonds. The third kappa shape index (κ3) is 3.36. The van der Waals surface area contributed by atoms with Crippen molar-refractivity contribution in [2.45, 2.75) is 45.8 Å². The van der Waals surface area contributed by atoms with E-state index in [4.69, 9.17) is 16.3 Å². The lowest BCUT2D eigenvalue weighted by molar-refractivity contribution is -0.127. The van der Waals surface area contributed by atoms with Crippen LogP contribution in [0.4, 0.5) is 0 Å². The third-order valence-electron chi connectivity index (χ3n) is 3.25. The Hall–Kier alpha value is -0.280. The van der Waals surface area contributed by atoms with Crippen molar-refractivity contribution in [3.05, 3.63) is 0 Å². The highest BCUT2D eigenvalue weighted by molar-refractivity contribution is 6.18. The lowest BCUT2D eigenvalue weighted by atomic mass is 9.97.